The number of anilines is 1. The Hall–Kier alpha value is -1.49. The summed E-state index contributed by atoms with van der Waals surface area (Å²) in [5.74, 6) is 2.01. The summed E-state index contributed by atoms with van der Waals surface area (Å²) < 4.78 is 0. The normalized spacial score (nSPS) is 25.9. The van der Waals surface area contributed by atoms with E-state index in [9.17, 15) is 9.59 Å². The predicted octanol–water partition coefficient (Wildman–Crippen LogP) is 2.11. The molecule has 1 aromatic rings. The Balaban J connectivity index is 1.89. The Bertz CT molecular complexity index is 540. The van der Waals surface area contributed by atoms with Gasteiger partial charge in [-0.25, -0.2) is 0 Å². The lowest BCUT2D eigenvalue weighted by atomic mass is 10.1. The quantitative estimate of drug-likeness (QED) is 0.862. The summed E-state index contributed by atoms with van der Waals surface area (Å²) in [6, 6.07) is 7.28. The van der Waals surface area contributed by atoms with Gasteiger partial charge < -0.3 is 10.2 Å². The average molecular weight is 290 g/mol. The van der Waals surface area contributed by atoms with Crippen molar-refractivity contribution in [3.05, 3.63) is 29.8 Å². The van der Waals surface area contributed by atoms with E-state index in [2.05, 4.69) is 5.32 Å². The predicted molar refractivity (Wildman–Crippen MR) is 80.5 cm³/mol. The molecular weight excluding hydrogens is 272 g/mol. The number of thioether (sulfide) groups is 1. The van der Waals surface area contributed by atoms with Gasteiger partial charge in [0.2, 0.25) is 11.8 Å². The first-order chi connectivity index (χ1) is 9.66. The van der Waals surface area contributed by atoms with Gasteiger partial charge in [0.1, 0.15) is 6.04 Å². The Labute approximate surface area is 122 Å². The Morgan fingerprint density at radius 1 is 1.40 bits per heavy atom. The van der Waals surface area contributed by atoms with E-state index in [1.54, 1.807) is 11.8 Å². The van der Waals surface area contributed by atoms with Gasteiger partial charge in [-0.15, -0.1) is 0 Å². The molecule has 4 nitrogen and oxygen atoms in total. The minimum absolute atomic E-state index is 0.0699. The standard InChI is InChI=1S/C15H18N2O2S/c1-10-14(18)16-13-5-3-2-4-11(13)8-17(10)15(19)12-6-7-20-9-12/h2-5,10,12H,6-9H2,1H3,(H,16,18). The van der Waals surface area contributed by atoms with Crippen LogP contribution in [0.2, 0.25) is 0 Å². The van der Waals surface area contributed by atoms with Crippen LogP contribution in [-0.2, 0) is 16.1 Å². The highest BCUT2D eigenvalue weighted by Crippen LogP contribution is 2.29. The maximum atomic E-state index is 12.7. The van der Waals surface area contributed by atoms with Crippen LogP contribution in [0.3, 0.4) is 0 Å². The molecule has 5 heteroatoms. The summed E-state index contributed by atoms with van der Waals surface area (Å²) in [6.07, 6.45) is 0.927. The van der Waals surface area contributed by atoms with E-state index in [4.69, 9.17) is 0 Å². The summed E-state index contributed by atoms with van der Waals surface area (Å²) in [5, 5.41) is 2.91. The molecule has 2 aliphatic rings. The highest BCUT2D eigenvalue weighted by Gasteiger charge is 2.34. The Kier molecular flexibility index (Phi) is 3.70. The Morgan fingerprint density at radius 3 is 2.95 bits per heavy atom. The highest BCUT2D eigenvalue weighted by molar-refractivity contribution is 7.99. The van der Waals surface area contributed by atoms with Crippen LogP contribution in [0.1, 0.15) is 18.9 Å². The summed E-state index contributed by atoms with van der Waals surface area (Å²) in [5.41, 5.74) is 1.82. The first-order valence-corrected chi connectivity index (χ1v) is 8.09. The van der Waals surface area contributed by atoms with Gasteiger partial charge >= 0.3 is 0 Å². The number of nitrogens with zero attached hydrogens (tertiary/aromatic N) is 1. The van der Waals surface area contributed by atoms with Crippen LogP contribution in [0.5, 0.6) is 0 Å². The van der Waals surface area contributed by atoms with Crippen molar-refractivity contribution in [2.75, 3.05) is 16.8 Å². The van der Waals surface area contributed by atoms with Gasteiger partial charge in [0.15, 0.2) is 0 Å². The van der Waals surface area contributed by atoms with Gasteiger partial charge in [0, 0.05) is 23.9 Å². The zero-order chi connectivity index (χ0) is 14.1. The second-order valence-electron chi connectivity index (χ2n) is 5.35. The lowest BCUT2D eigenvalue weighted by Gasteiger charge is -2.28. The van der Waals surface area contributed by atoms with Gasteiger partial charge in [-0.3, -0.25) is 9.59 Å². The SMILES string of the molecule is CC1C(=O)Nc2ccccc2CN1C(=O)C1CCSC1. The van der Waals surface area contributed by atoms with Crippen molar-refractivity contribution in [2.45, 2.75) is 25.9 Å². The number of benzene rings is 1. The van der Waals surface area contributed by atoms with Crippen molar-refractivity contribution < 1.29 is 9.59 Å². The molecule has 0 bridgehead atoms. The number of nitrogens with one attached hydrogen (secondary N) is 1. The highest BCUT2D eigenvalue weighted by atomic mass is 32.2. The first kappa shape index (κ1) is 13.5. The van der Waals surface area contributed by atoms with Crippen molar-refractivity contribution in [1.29, 1.82) is 0 Å². The molecule has 1 saturated heterocycles. The first-order valence-electron chi connectivity index (χ1n) is 6.94. The van der Waals surface area contributed by atoms with Crippen LogP contribution in [0.15, 0.2) is 24.3 Å². The summed E-state index contributed by atoms with van der Waals surface area (Å²) >= 11 is 1.82. The van der Waals surface area contributed by atoms with Crippen LogP contribution >= 0.6 is 11.8 Å². The fraction of sp³-hybridized carbons (Fsp3) is 0.467. The molecule has 1 N–H and O–H groups in total. The third-order valence-electron chi connectivity index (χ3n) is 4.02. The number of hydrogen-bond acceptors (Lipinski definition) is 3. The summed E-state index contributed by atoms with van der Waals surface area (Å²) in [4.78, 5) is 26.6. The zero-order valence-corrected chi connectivity index (χ0v) is 12.3. The van der Waals surface area contributed by atoms with E-state index in [0.29, 0.717) is 6.54 Å². The van der Waals surface area contributed by atoms with E-state index < -0.39 is 6.04 Å². The second-order valence-corrected chi connectivity index (χ2v) is 6.50. The monoisotopic (exact) mass is 290 g/mol. The lowest BCUT2D eigenvalue weighted by Crippen LogP contribution is -2.45. The number of para-hydroxylation sites is 1. The molecule has 0 radical (unpaired) electrons. The van der Waals surface area contributed by atoms with E-state index in [0.717, 1.165) is 29.2 Å². The molecular formula is C15H18N2O2S. The number of carbonyl (C=O) groups is 2. The van der Waals surface area contributed by atoms with Crippen molar-refractivity contribution >= 4 is 29.3 Å². The molecule has 1 fully saturated rings. The van der Waals surface area contributed by atoms with Gasteiger partial charge in [-0.1, -0.05) is 18.2 Å². The zero-order valence-electron chi connectivity index (χ0n) is 11.5. The van der Waals surface area contributed by atoms with Gasteiger partial charge in [-0.2, -0.15) is 11.8 Å². The molecule has 106 valence electrons. The molecule has 0 aliphatic carbocycles. The molecule has 2 atom stereocenters. The maximum absolute atomic E-state index is 12.7. The van der Waals surface area contributed by atoms with E-state index in [1.165, 1.54) is 0 Å². The smallest absolute Gasteiger partial charge is 0.246 e. The maximum Gasteiger partial charge on any atom is 0.246 e. The van der Waals surface area contributed by atoms with E-state index in [-0.39, 0.29) is 17.7 Å². The lowest BCUT2D eigenvalue weighted by molar-refractivity contribution is -0.141. The van der Waals surface area contributed by atoms with Gasteiger partial charge in [0.25, 0.3) is 0 Å². The molecule has 20 heavy (non-hydrogen) atoms. The largest absolute Gasteiger partial charge is 0.326 e. The van der Waals surface area contributed by atoms with Crippen LogP contribution in [0.4, 0.5) is 5.69 Å². The third kappa shape index (κ3) is 2.42. The topological polar surface area (TPSA) is 49.4 Å². The van der Waals surface area contributed by atoms with Gasteiger partial charge in [0.05, 0.1) is 0 Å². The van der Waals surface area contributed by atoms with Crippen LogP contribution < -0.4 is 5.32 Å². The fourth-order valence-corrected chi connectivity index (χ4v) is 3.92. The number of hydrogen-bond donors (Lipinski definition) is 1. The Morgan fingerprint density at radius 2 is 2.20 bits per heavy atom. The molecule has 2 amide bonds. The molecule has 2 heterocycles. The minimum atomic E-state index is -0.416. The minimum Gasteiger partial charge on any atom is -0.326 e. The molecule has 2 aliphatic heterocycles. The summed E-state index contributed by atoms with van der Waals surface area (Å²) in [6.45, 7) is 2.32. The number of rotatable bonds is 1. The average Bonchev–Trinajstić information content (AvgIpc) is 2.95. The van der Waals surface area contributed by atoms with Crippen LogP contribution in [0.25, 0.3) is 0 Å². The molecule has 0 saturated carbocycles. The van der Waals surface area contributed by atoms with E-state index in [1.807, 2.05) is 36.0 Å². The van der Waals surface area contributed by atoms with Crippen LogP contribution in [0, 0.1) is 5.92 Å². The number of amides is 2. The van der Waals surface area contributed by atoms with Crippen molar-refractivity contribution in [2.24, 2.45) is 5.92 Å². The number of fused-ring (bicyclic) bond motifs is 1. The van der Waals surface area contributed by atoms with Crippen molar-refractivity contribution in [1.82, 2.24) is 4.90 Å². The van der Waals surface area contributed by atoms with Crippen molar-refractivity contribution in [3.8, 4) is 0 Å². The molecule has 0 spiro atoms. The van der Waals surface area contributed by atoms with Crippen molar-refractivity contribution in [3.63, 3.8) is 0 Å². The third-order valence-corrected chi connectivity index (χ3v) is 5.19. The summed E-state index contributed by atoms with van der Waals surface area (Å²) in [7, 11) is 0. The fourth-order valence-electron chi connectivity index (χ4n) is 2.71. The molecule has 1 aromatic carbocycles. The molecule has 2 unspecified atom stereocenters. The second kappa shape index (κ2) is 5.48. The molecule has 0 aromatic heterocycles. The molecule has 3 rings (SSSR count). The van der Waals surface area contributed by atoms with E-state index >= 15 is 0 Å². The van der Waals surface area contributed by atoms with Crippen LogP contribution in [-0.4, -0.2) is 34.3 Å². The van der Waals surface area contributed by atoms with Gasteiger partial charge in [-0.05, 0) is 30.7 Å². The number of carbonyl (C=O) groups excluding carboxylic acids is 2.